The van der Waals surface area contributed by atoms with Gasteiger partial charge < -0.3 is 31.3 Å². The molecule has 0 spiro atoms. The minimum absolute atomic E-state index is 0.0598. The van der Waals surface area contributed by atoms with E-state index in [1.165, 1.54) is 0 Å². The second-order valence-electron chi connectivity index (χ2n) is 8.05. The molecule has 178 valence electrons. The van der Waals surface area contributed by atoms with Crippen LogP contribution in [0.5, 0.6) is 11.6 Å². The van der Waals surface area contributed by atoms with Crippen molar-refractivity contribution in [3.05, 3.63) is 84.1 Å². The maximum absolute atomic E-state index is 12.8. The SMILES string of the molecule is COc1ncccc1-c1ccc(O)c(-c2nc3ccc(C(=O)Nc4ccc(C=N)c(N)c4)cc3[nH]2)c1. The summed E-state index contributed by atoms with van der Waals surface area (Å²) in [5.74, 6) is 0.677. The second kappa shape index (κ2) is 9.22. The molecule has 0 aliphatic heterocycles. The van der Waals surface area contributed by atoms with Crippen LogP contribution < -0.4 is 15.8 Å². The molecule has 0 atom stereocenters. The minimum Gasteiger partial charge on any atom is -0.507 e. The molecule has 5 aromatic rings. The Balaban J connectivity index is 1.46. The second-order valence-corrected chi connectivity index (χ2v) is 8.05. The lowest BCUT2D eigenvalue weighted by Gasteiger charge is -2.09. The predicted octanol–water partition coefficient (Wildman–Crippen LogP) is 4.84. The number of amides is 1. The van der Waals surface area contributed by atoms with Gasteiger partial charge in [0.2, 0.25) is 5.88 Å². The number of aromatic hydroxyl groups is 1. The van der Waals surface area contributed by atoms with Gasteiger partial charge >= 0.3 is 0 Å². The lowest BCUT2D eigenvalue weighted by molar-refractivity contribution is 0.102. The van der Waals surface area contributed by atoms with E-state index in [9.17, 15) is 9.90 Å². The Morgan fingerprint density at radius 3 is 2.75 bits per heavy atom. The van der Waals surface area contributed by atoms with E-state index in [2.05, 4.69) is 20.3 Å². The van der Waals surface area contributed by atoms with Gasteiger partial charge in [0.15, 0.2) is 0 Å². The Bertz CT molecular complexity index is 1630. The maximum atomic E-state index is 12.8. The van der Waals surface area contributed by atoms with E-state index in [1.807, 2.05) is 18.2 Å². The molecule has 0 saturated carbocycles. The third kappa shape index (κ3) is 4.21. The number of benzene rings is 3. The Hall–Kier alpha value is -5.18. The zero-order chi connectivity index (χ0) is 25.2. The van der Waals surface area contributed by atoms with Gasteiger partial charge in [0.1, 0.15) is 11.6 Å². The molecular weight excluding hydrogens is 456 g/mol. The van der Waals surface area contributed by atoms with E-state index in [0.717, 1.165) is 17.3 Å². The highest BCUT2D eigenvalue weighted by molar-refractivity contribution is 6.06. The molecule has 0 saturated heterocycles. The molecule has 9 heteroatoms. The monoisotopic (exact) mass is 478 g/mol. The number of hydrogen-bond acceptors (Lipinski definition) is 7. The van der Waals surface area contributed by atoms with Gasteiger partial charge in [-0.05, 0) is 66.2 Å². The third-order valence-electron chi connectivity index (χ3n) is 5.77. The molecule has 0 fully saturated rings. The Morgan fingerprint density at radius 2 is 1.97 bits per heavy atom. The van der Waals surface area contributed by atoms with Crippen molar-refractivity contribution in [2.45, 2.75) is 0 Å². The highest BCUT2D eigenvalue weighted by Crippen LogP contribution is 2.35. The fourth-order valence-corrected chi connectivity index (χ4v) is 3.93. The van der Waals surface area contributed by atoms with Gasteiger partial charge in [0.25, 0.3) is 5.91 Å². The number of nitrogens with one attached hydrogen (secondary N) is 3. The number of carbonyl (C=O) groups is 1. The first kappa shape index (κ1) is 22.6. The fourth-order valence-electron chi connectivity index (χ4n) is 3.93. The minimum atomic E-state index is -0.316. The molecule has 3 aromatic carbocycles. The number of nitrogen functional groups attached to an aromatic ring is 1. The van der Waals surface area contributed by atoms with Crippen molar-refractivity contribution in [1.82, 2.24) is 15.0 Å². The summed E-state index contributed by atoms with van der Waals surface area (Å²) in [5.41, 5.74) is 11.2. The highest BCUT2D eigenvalue weighted by atomic mass is 16.5. The highest BCUT2D eigenvalue weighted by Gasteiger charge is 2.15. The summed E-state index contributed by atoms with van der Waals surface area (Å²) in [6.45, 7) is 0. The number of phenolic OH excluding ortho intramolecular Hbond substituents is 1. The van der Waals surface area contributed by atoms with Gasteiger partial charge in [-0.3, -0.25) is 4.79 Å². The molecule has 9 nitrogen and oxygen atoms in total. The van der Waals surface area contributed by atoms with Gasteiger partial charge in [0.05, 0.1) is 23.7 Å². The molecule has 0 aliphatic carbocycles. The summed E-state index contributed by atoms with van der Waals surface area (Å²) in [6.07, 6.45) is 2.81. The van der Waals surface area contributed by atoms with E-state index in [4.69, 9.17) is 15.9 Å². The van der Waals surface area contributed by atoms with Crippen molar-refractivity contribution in [3.63, 3.8) is 0 Å². The van der Waals surface area contributed by atoms with Crippen LogP contribution >= 0.6 is 0 Å². The third-order valence-corrected chi connectivity index (χ3v) is 5.77. The number of hydrogen-bond donors (Lipinski definition) is 5. The quantitative estimate of drug-likeness (QED) is 0.174. The zero-order valence-corrected chi connectivity index (χ0v) is 19.2. The molecule has 0 radical (unpaired) electrons. The van der Waals surface area contributed by atoms with E-state index >= 15 is 0 Å². The fraction of sp³-hybridized carbons (Fsp3) is 0.0370. The van der Waals surface area contributed by atoms with Gasteiger partial charge in [-0.2, -0.15) is 0 Å². The van der Waals surface area contributed by atoms with Crippen LogP contribution in [0.25, 0.3) is 33.5 Å². The van der Waals surface area contributed by atoms with Gasteiger partial charge in [-0.25, -0.2) is 9.97 Å². The van der Waals surface area contributed by atoms with Crippen LogP contribution in [0.2, 0.25) is 0 Å². The molecule has 0 bridgehead atoms. The number of phenols is 1. The first-order valence-electron chi connectivity index (χ1n) is 11.0. The van der Waals surface area contributed by atoms with Crippen molar-refractivity contribution in [3.8, 4) is 34.1 Å². The average Bonchev–Trinajstić information content (AvgIpc) is 3.32. The number of anilines is 2. The first-order chi connectivity index (χ1) is 17.5. The topological polar surface area (TPSA) is 150 Å². The van der Waals surface area contributed by atoms with Crippen LogP contribution in [0, 0.1) is 5.41 Å². The zero-order valence-electron chi connectivity index (χ0n) is 19.2. The van der Waals surface area contributed by atoms with Crippen molar-refractivity contribution < 1.29 is 14.6 Å². The summed E-state index contributed by atoms with van der Waals surface area (Å²) in [4.78, 5) is 24.9. The summed E-state index contributed by atoms with van der Waals surface area (Å²) in [6, 6.07) is 19.0. The largest absolute Gasteiger partial charge is 0.507 e. The lowest BCUT2D eigenvalue weighted by atomic mass is 10.0. The molecule has 0 unspecified atom stereocenters. The van der Waals surface area contributed by atoms with Crippen LogP contribution in [0.1, 0.15) is 15.9 Å². The number of methoxy groups -OCH3 is 1. The molecule has 2 aromatic heterocycles. The van der Waals surface area contributed by atoms with Crippen LogP contribution in [0.4, 0.5) is 11.4 Å². The van der Waals surface area contributed by atoms with E-state index in [1.54, 1.807) is 61.8 Å². The predicted molar refractivity (Wildman–Crippen MR) is 140 cm³/mol. The van der Waals surface area contributed by atoms with Gasteiger partial charge in [-0.15, -0.1) is 0 Å². The Kier molecular flexibility index (Phi) is 5.79. The van der Waals surface area contributed by atoms with Gasteiger partial charge in [0, 0.05) is 40.5 Å². The van der Waals surface area contributed by atoms with Crippen molar-refractivity contribution in [1.29, 1.82) is 5.41 Å². The number of aromatic nitrogens is 3. The van der Waals surface area contributed by atoms with Crippen molar-refractivity contribution in [2.75, 3.05) is 18.2 Å². The Morgan fingerprint density at radius 1 is 1.11 bits per heavy atom. The summed E-state index contributed by atoms with van der Waals surface area (Å²) < 4.78 is 5.37. The van der Waals surface area contributed by atoms with E-state index in [0.29, 0.717) is 50.8 Å². The standard InChI is InChI=1S/C27H22N6O3/c1-36-27-19(3-2-10-30-27)15-6-9-24(34)20(11-15)25-32-22-8-5-16(12-23(22)33-25)26(35)31-18-7-4-17(14-28)21(29)13-18/h2-14,28,34H,29H2,1H3,(H,31,35)(H,32,33). The summed E-state index contributed by atoms with van der Waals surface area (Å²) in [5, 5.41) is 20.7. The van der Waals surface area contributed by atoms with Gasteiger partial charge in [-0.1, -0.05) is 6.07 Å². The average molecular weight is 479 g/mol. The smallest absolute Gasteiger partial charge is 0.255 e. The first-order valence-corrected chi connectivity index (χ1v) is 11.0. The molecule has 0 aliphatic rings. The molecular formula is C27H22N6O3. The van der Waals surface area contributed by atoms with E-state index < -0.39 is 0 Å². The normalized spacial score (nSPS) is 10.8. The molecule has 1 amide bonds. The maximum Gasteiger partial charge on any atom is 0.255 e. The van der Waals surface area contributed by atoms with Crippen LogP contribution in [-0.4, -0.2) is 39.3 Å². The number of ether oxygens (including phenoxy) is 1. The Labute approximate surface area is 206 Å². The summed E-state index contributed by atoms with van der Waals surface area (Å²) in [7, 11) is 1.56. The lowest BCUT2D eigenvalue weighted by Crippen LogP contribution is -2.12. The number of nitrogens with zero attached hydrogens (tertiary/aromatic N) is 2. The number of nitrogens with two attached hydrogens (primary N) is 1. The van der Waals surface area contributed by atoms with Crippen molar-refractivity contribution >= 4 is 34.5 Å². The molecule has 6 N–H and O–H groups in total. The van der Waals surface area contributed by atoms with Crippen LogP contribution in [0.3, 0.4) is 0 Å². The number of aromatic amines is 1. The number of carbonyl (C=O) groups excluding carboxylic acids is 1. The number of pyridine rings is 1. The molecule has 36 heavy (non-hydrogen) atoms. The number of fused-ring (bicyclic) bond motifs is 1. The molecule has 5 rings (SSSR count). The number of H-pyrrole nitrogens is 1. The van der Waals surface area contributed by atoms with E-state index in [-0.39, 0.29) is 11.7 Å². The van der Waals surface area contributed by atoms with Crippen molar-refractivity contribution in [2.24, 2.45) is 0 Å². The van der Waals surface area contributed by atoms with Crippen LogP contribution in [-0.2, 0) is 0 Å². The molecule has 2 heterocycles. The van der Waals surface area contributed by atoms with Crippen LogP contribution in [0.15, 0.2) is 72.9 Å². The summed E-state index contributed by atoms with van der Waals surface area (Å²) >= 11 is 0. The number of imidazole rings is 1. The number of rotatable bonds is 6.